The van der Waals surface area contributed by atoms with Gasteiger partial charge < -0.3 is 4.57 Å². The number of rotatable bonds is 6. The van der Waals surface area contributed by atoms with E-state index in [-0.39, 0.29) is 11.5 Å². The summed E-state index contributed by atoms with van der Waals surface area (Å²) >= 11 is 8.86. The Kier molecular flexibility index (Phi) is 6.08. The summed E-state index contributed by atoms with van der Waals surface area (Å²) in [6, 6.07) is 10.1. The van der Waals surface area contributed by atoms with Crippen molar-refractivity contribution >= 4 is 45.7 Å². The summed E-state index contributed by atoms with van der Waals surface area (Å²) in [7, 11) is 0. The van der Waals surface area contributed by atoms with Gasteiger partial charge >= 0.3 is 0 Å². The number of pyridine rings is 1. The SMILES string of the molecule is CCSc1nnc(NC(=O)c2ccc(=O)n(Cc3cccc(Cl)c3)c2)s1. The van der Waals surface area contributed by atoms with Crippen molar-refractivity contribution in [3.05, 3.63) is 69.1 Å². The quantitative estimate of drug-likeness (QED) is 0.498. The first kappa shape index (κ1) is 18.6. The topological polar surface area (TPSA) is 76.9 Å². The number of anilines is 1. The van der Waals surface area contributed by atoms with Crippen molar-refractivity contribution in [2.45, 2.75) is 17.8 Å². The van der Waals surface area contributed by atoms with Crippen molar-refractivity contribution in [1.82, 2.24) is 14.8 Å². The maximum atomic E-state index is 12.4. The fraction of sp³-hybridized carbons (Fsp3) is 0.176. The summed E-state index contributed by atoms with van der Waals surface area (Å²) in [4.78, 5) is 24.5. The van der Waals surface area contributed by atoms with Gasteiger partial charge in [-0.05, 0) is 29.5 Å². The van der Waals surface area contributed by atoms with Gasteiger partial charge in [0, 0.05) is 17.3 Å². The Morgan fingerprint density at radius 1 is 1.31 bits per heavy atom. The van der Waals surface area contributed by atoms with Gasteiger partial charge in [-0.2, -0.15) is 0 Å². The molecular weight excluding hydrogens is 392 g/mol. The molecule has 26 heavy (non-hydrogen) atoms. The number of hydrogen-bond acceptors (Lipinski definition) is 6. The largest absolute Gasteiger partial charge is 0.310 e. The van der Waals surface area contributed by atoms with Gasteiger partial charge in [-0.3, -0.25) is 14.9 Å². The van der Waals surface area contributed by atoms with Crippen LogP contribution in [-0.2, 0) is 6.54 Å². The normalized spacial score (nSPS) is 10.7. The van der Waals surface area contributed by atoms with Gasteiger partial charge in [0.15, 0.2) is 4.34 Å². The van der Waals surface area contributed by atoms with Gasteiger partial charge in [0.25, 0.3) is 11.5 Å². The lowest BCUT2D eigenvalue weighted by Crippen LogP contribution is -2.22. The first-order valence-corrected chi connectivity index (χ1v) is 9.95. The molecule has 1 aromatic carbocycles. The predicted octanol–water partition coefficient (Wildman–Crippen LogP) is 3.77. The van der Waals surface area contributed by atoms with E-state index in [0.29, 0.717) is 22.3 Å². The molecule has 0 fully saturated rings. The van der Waals surface area contributed by atoms with Gasteiger partial charge in [-0.15, -0.1) is 10.2 Å². The molecule has 134 valence electrons. The molecule has 2 heterocycles. The van der Waals surface area contributed by atoms with Crippen LogP contribution in [0.4, 0.5) is 5.13 Å². The van der Waals surface area contributed by atoms with Crippen LogP contribution in [0.5, 0.6) is 0 Å². The molecule has 0 aliphatic carbocycles. The Morgan fingerprint density at radius 2 is 2.15 bits per heavy atom. The second kappa shape index (κ2) is 8.48. The highest BCUT2D eigenvalue weighted by Crippen LogP contribution is 2.25. The number of nitrogens with one attached hydrogen (secondary N) is 1. The predicted molar refractivity (Wildman–Crippen MR) is 106 cm³/mol. The highest BCUT2D eigenvalue weighted by molar-refractivity contribution is 8.01. The maximum Gasteiger partial charge on any atom is 0.258 e. The minimum atomic E-state index is -0.339. The highest BCUT2D eigenvalue weighted by atomic mass is 35.5. The molecule has 6 nitrogen and oxygen atoms in total. The maximum absolute atomic E-state index is 12.4. The van der Waals surface area contributed by atoms with Crippen molar-refractivity contribution in [1.29, 1.82) is 0 Å². The fourth-order valence-electron chi connectivity index (χ4n) is 2.23. The van der Waals surface area contributed by atoms with Crippen molar-refractivity contribution in [2.75, 3.05) is 11.1 Å². The Bertz CT molecular complexity index is 987. The average Bonchev–Trinajstić information content (AvgIpc) is 3.04. The van der Waals surface area contributed by atoms with Gasteiger partial charge in [-0.1, -0.05) is 53.8 Å². The number of aromatic nitrogens is 3. The number of thioether (sulfide) groups is 1. The first-order chi connectivity index (χ1) is 12.5. The summed E-state index contributed by atoms with van der Waals surface area (Å²) in [6.45, 7) is 2.35. The van der Waals surface area contributed by atoms with Gasteiger partial charge in [0.05, 0.1) is 12.1 Å². The number of nitrogens with zero attached hydrogens (tertiary/aromatic N) is 3. The smallest absolute Gasteiger partial charge is 0.258 e. The van der Waals surface area contributed by atoms with Crippen LogP contribution in [0.15, 0.2) is 51.7 Å². The summed E-state index contributed by atoms with van der Waals surface area (Å²) in [5.74, 6) is 0.547. The molecule has 0 bridgehead atoms. The van der Waals surface area contributed by atoms with Crippen LogP contribution in [0.1, 0.15) is 22.8 Å². The summed E-state index contributed by atoms with van der Waals surface area (Å²) in [5.41, 5.74) is 1.05. The molecule has 0 aliphatic rings. The van der Waals surface area contributed by atoms with Gasteiger partial charge in [0.1, 0.15) is 0 Å². The minimum absolute atomic E-state index is 0.195. The molecule has 1 N–H and O–H groups in total. The standard InChI is InChI=1S/C17H15ClN4O2S2/c1-2-25-17-21-20-16(26-17)19-15(24)12-6-7-14(23)22(10-12)9-11-4-3-5-13(18)8-11/h3-8,10H,2,9H2,1H3,(H,19,20,24). The van der Waals surface area contributed by atoms with E-state index in [0.717, 1.165) is 15.7 Å². The molecule has 3 rings (SSSR count). The molecular formula is C17H15ClN4O2S2. The van der Waals surface area contributed by atoms with Crippen LogP contribution in [0.3, 0.4) is 0 Å². The molecule has 0 spiro atoms. The van der Waals surface area contributed by atoms with Crippen LogP contribution >= 0.6 is 34.7 Å². The van der Waals surface area contributed by atoms with Crippen LogP contribution in [0.2, 0.25) is 5.02 Å². The number of halogens is 1. The summed E-state index contributed by atoms with van der Waals surface area (Å²) in [5, 5.41) is 11.7. The third-order valence-corrected chi connectivity index (χ3v) is 5.47. The minimum Gasteiger partial charge on any atom is -0.310 e. The molecule has 0 unspecified atom stereocenters. The fourth-order valence-corrected chi connectivity index (χ4v) is 4.09. The molecule has 0 radical (unpaired) electrons. The van der Waals surface area contributed by atoms with E-state index < -0.39 is 0 Å². The molecule has 3 aromatic rings. The van der Waals surface area contributed by atoms with Crippen molar-refractivity contribution in [3.8, 4) is 0 Å². The lowest BCUT2D eigenvalue weighted by atomic mass is 10.2. The van der Waals surface area contributed by atoms with Crippen LogP contribution in [-0.4, -0.2) is 26.4 Å². The number of hydrogen-bond donors (Lipinski definition) is 1. The van der Waals surface area contributed by atoms with Gasteiger partial charge in [-0.25, -0.2) is 0 Å². The molecule has 9 heteroatoms. The first-order valence-electron chi connectivity index (χ1n) is 7.77. The second-order valence-electron chi connectivity index (χ2n) is 5.27. The van der Waals surface area contributed by atoms with Crippen molar-refractivity contribution < 1.29 is 4.79 Å². The number of carbonyl (C=O) groups excluding carboxylic acids is 1. The Labute approximate surface area is 163 Å². The highest BCUT2D eigenvalue weighted by Gasteiger charge is 2.12. The second-order valence-corrected chi connectivity index (χ2v) is 8.20. The molecule has 2 aromatic heterocycles. The van der Waals surface area contributed by atoms with E-state index in [2.05, 4.69) is 15.5 Å². The zero-order valence-electron chi connectivity index (χ0n) is 13.8. The molecule has 0 aliphatic heterocycles. The van der Waals surface area contributed by atoms with E-state index in [1.54, 1.807) is 23.9 Å². The van der Waals surface area contributed by atoms with Crippen LogP contribution < -0.4 is 10.9 Å². The molecule has 0 saturated heterocycles. The Morgan fingerprint density at radius 3 is 2.92 bits per heavy atom. The molecule has 1 amide bonds. The zero-order valence-corrected chi connectivity index (χ0v) is 16.2. The average molecular weight is 407 g/mol. The summed E-state index contributed by atoms with van der Waals surface area (Å²) in [6.07, 6.45) is 1.53. The monoisotopic (exact) mass is 406 g/mol. The lowest BCUT2D eigenvalue weighted by Gasteiger charge is -2.08. The number of carbonyl (C=O) groups is 1. The molecule has 0 atom stereocenters. The summed E-state index contributed by atoms with van der Waals surface area (Å²) < 4.78 is 2.27. The van der Waals surface area contributed by atoms with Crippen molar-refractivity contribution in [3.63, 3.8) is 0 Å². The van der Waals surface area contributed by atoms with E-state index in [9.17, 15) is 9.59 Å². The number of amides is 1. The third kappa shape index (κ3) is 4.72. The Hall–Kier alpha value is -2.16. The van der Waals surface area contributed by atoms with Crippen LogP contribution in [0, 0.1) is 0 Å². The van der Waals surface area contributed by atoms with Crippen molar-refractivity contribution in [2.24, 2.45) is 0 Å². The van der Waals surface area contributed by atoms with Crippen LogP contribution in [0.25, 0.3) is 0 Å². The lowest BCUT2D eigenvalue weighted by molar-refractivity contribution is 0.102. The van der Waals surface area contributed by atoms with E-state index in [1.807, 2.05) is 19.1 Å². The zero-order chi connectivity index (χ0) is 18.5. The van der Waals surface area contributed by atoms with Gasteiger partial charge in [0.2, 0.25) is 5.13 Å². The van der Waals surface area contributed by atoms with E-state index in [1.165, 1.54) is 34.2 Å². The number of benzene rings is 1. The third-order valence-electron chi connectivity index (χ3n) is 3.38. The van der Waals surface area contributed by atoms with E-state index in [4.69, 9.17) is 11.6 Å². The van der Waals surface area contributed by atoms with E-state index >= 15 is 0 Å². The Balaban J connectivity index is 1.77. The molecule has 0 saturated carbocycles.